The van der Waals surface area contributed by atoms with E-state index in [0.717, 1.165) is 45.3 Å². The van der Waals surface area contributed by atoms with Crippen LogP contribution >= 0.6 is 0 Å². The SMILES string of the molecule is CC(C)C(=O)N1CCCC1C(=O)N1CCCC1. The maximum absolute atomic E-state index is 12.3. The molecule has 0 aliphatic carbocycles. The average Bonchev–Trinajstić information content (AvgIpc) is 2.97. The van der Waals surface area contributed by atoms with Crippen LogP contribution in [0.4, 0.5) is 0 Å². The number of carbonyl (C=O) groups is 2. The lowest BCUT2D eigenvalue weighted by Gasteiger charge is -2.28. The normalized spacial score (nSPS) is 24.8. The van der Waals surface area contributed by atoms with E-state index in [9.17, 15) is 9.59 Å². The van der Waals surface area contributed by atoms with Gasteiger partial charge in [0.05, 0.1) is 0 Å². The topological polar surface area (TPSA) is 40.6 Å². The quantitative estimate of drug-likeness (QED) is 0.726. The summed E-state index contributed by atoms with van der Waals surface area (Å²) in [5.74, 6) is 0.288. The van der Waals surface area contributed by atoms with Crippen molar-refractivity contribution in [2.24, 2.45) is 5.92 Å². The van der Waals surface area contributed by atoms with Crippen LogP contribution in [0.15, 0.2) is 0 Å². The molecule has 2 fully saturated rings. The van der Waals surface area contributed by atoms with Crippen molar-refractivity contribution in [3.05, 3.63) is 0 Å². The lowest BCUT2D eigenvalue weighted by Crippen LogP contribution is -2.48. The molecule has 0 radical (unpaired) electrons. The molecule has 0 N–H and O–H groups in total. The van der Waals surface area contributed by atoms with Gasteiger partial charge in [-0.25, -0.2) is 0 Å². The number of carbonyl (C=O) groups excluding carboxylic acids is 2. The highest BCUT2D eigenvalue weighted by Gasteiger charge is 2.37. The highest BCUT2D eigenvalue weighted by atomic mass is 16.2. The Morgan fingerprint density at radius 3 is 2.29 bits per heavy atom. The summed E-state index contributed by atoms with van der Waals surface area (Å²) in [6.07, 6.45) is 4.02. The minimum Gasteiger partial charge on any atom is -0.341 e. The van der Waals surface area contributed by atoms with Crippen molar-refractivity contribution in [1.82, 2.24) is 9.80 Å². The molecule has 0 bridgehead atoms. The Bertz CT molecular complexity index is 309. The number of rotatable bonds is 2. The zero-order chi connectivity index (χ0) is 12.4. The summed E-state index contributed by atoms with van der Waals surface area (Å²) in [4.78, 5) is 28.1. The van der Waals surface area contributed by atoms with Crippen LogP contribution in [-0.2, 0) is 9.59 Å². The summed E-state index contributed by atoms with van der Waals surface area (Å²) < 4.78 is 0. The monoisotopic (exact) mass is 238 g/mol. The first-order valence-corrected chi connectivity index (χ1v) is 6.70. The predicted molar refractivity (Wildman–Crippen MR) is 65.4 cm³/mol. The van der Waals surface area contributed by atoms with Crippen molar-refractivity contribution in [3.63, 3.8) is 0 Å². The first kappa shape index (κ1) is 12.4. The van der Waals surface area contributed by atoms with Gasteiger partial charge in [-0.3, -0.25) is 9.59 Å². The van der Waals surface area contributed by atoms with E-state index in [-0.39, 0.29) is 23.8 Å². The zero-order valence-corrected chi connectivity index (χ0v) is 10.8. The Morgan fingerprint density at radius 1 is 1.06 bits per heavy atom. The fourth-order valence-electron chi connectivity index (χ4n) is 2.77. The van der Waals surface area contributed by atoms with Gasteiger partial charge in [0.1, 0.15) is 6.04 Å². The third kappa shape index (κ3) is 2.45. The third-order valence-corrected chi connectivity index (χ3v) is 3.73. The maximum Gasteiger partial charge on any atom is 0.245 e. The molecule has 1 atom stereocenters. The fourth-order valence-corrected chi connectivity index (χ4v) is 2.77. The molecule has 17 heavy (non-hydrogen) atoms. The molecule has 2 saturated heterocycles. The second kappa shape index (κ2) is 5.07. The van der Waals surface area contributed by atoms with Crippen LogP contribution in [0, 0.1) is 5.92 Å². The van der Waals surface area contributed by atoms with E-state index < -0.39 is 0 Å². The molecule has 0 saturated carbocycles. The summed E-state index contributed by atoms with van der Waals surface area (Å²) >= 11 is 0. The molecule has 4 heteroatoms. The molecule has 2 heterocycles. The van der Waals surface area contributed by atoms with Crippen LogP contribution < -0.4 is 0 Å². The van der Waals surface area contributed by atoms with Gasteiger partial charge >= 0.3 is 0 Å². The molecular weight excluding hydrogens is 216 g/mol. The molecule has 2 amide bonds. The van der Waals surface area contributed by atoms with Gasteiger partial charge < -0.3 is 9.80 Å². The molecule has 96 valence electrons. The Kier molecular flexibility index (Phi) is 3.69. The fraction of sp³-hybridized carbons (Fsp3) is 0.846. The number of likely N-dealkylation sites (tertiary alicyclic amines) is 2. The minimum absolute atomic E-state index is 0.0121. The van der Waals surface area contributed by atoms with Crippen molar-refractivity contribution < 1.29 is 9.59 Å². The Balaban J connectivity index is 2.03. The largest absolute Gasteiger partial charge is 0.341 e. The van der Waals surface area contributed by atoms with E-state index in [1.807, 2.05) is 18.7 Å². The molecule has 2 rings (SSSR count). The zero-order valence-electron chi connectivity index (χ0n) is 10.8. The molecule has 0 aromatic heterocycles. The maximum atomic E-state index is 12.3. The van der Waals surface area contributed by atoms with Gasteiger partial charge in [-0.15, -0.1) is 0 Å². The highest BCUT2D eigenvalue weighted by Crippen LogP contribution is 2.23. The first-order valence-electron chi connectivity index (χ1n) is 6.70. The van der Waals surface area contributed by atoms with Crippen LogP contribution in [0.5, 0.6) is 0 Å². The van der Waals surface area contributed by atoms with Gasteiger partial charge in [0.2, 0.25) is 11.8 Å². The molecule has 0 spiro atoms. The lowest BCUT2D eigenvalue weighted by atomic mass is 10.1. The Morgan fingerprint density at radius 2 is 1.71 bits per heavy atom. The van der Waals surface area contributed by atoms with Crippen LogP contribution in [0.1, 0.15) is 39.5 Å². The summed E-state index contributed by atoms with van der Waals surface area (Å²) in [5, 5.41) is 0. The summed E-state index contributed by atoms with van der Waals surface area (Å²) in [7, 11) is 0. The van der Waals surface area contributed by atoms with E-state index in [1.165, 1.54) is 0 Å². The van der Waals surface area contributed by atoms with Gasteiger partial charge in [-0.1, -0.05) is 13.8 Å². The van der Waals surface area contributed by atoms with Crippen LogP contribution in [0.25, 0.3) is 0 Å². The molecule has 2 aliphatic heterocycles. The number of amides is 2. The molecular formula is C13H22N2O2. The van der Waals surface area contributed by atoms with Crippen molar-refractivity contribution in [1.29, 1.82) is 0 Å². The van der Waals surface area contributed by atoms with Crippen molar-refractivity contribution in [2.75, 3.05) is 19.6 Å². The average molecular weight is 238 g/mol. The van der Waals surface area contributed by atoms with E-state index >= 15 is 0 Å². The lowest BCUT2D eigenvalue weighted by molar-refractivity contribution is -0.144. The van der Waals surface area contributed by atoms with Gasteiger partial charge in [0.15, 0.2) is 0 Å². The van der Waals surface area contributed by atoms with Gasteiger partial charge in [0, 0.05) is 25.6 Å². The third-order valence-electron chi connectivity index (χ3n) is 3.73. The molecule has 0 aromatic rings. The summed E-state index contributed by atoms with van der Waals surface area (Å²) in [6, 6.07) is -0.178. The van der Waals surface area contributed by atoms with E-state index in [0.29, 0.717) is 0 Å². The van der Waals surface area contributed by atoms with Crippen molar-refractivity contribution >= 4 is 11.8 Å². The summed E-state index contributed by atoms with van der Waals surface area (Å²) in [5.41, 5.74) is 0. The minimum atomic E-state index is -0.178. The van der Waals surface area contributed by atoms with E-state index in [2.05, 4.69) is 0 Å². The van der Waals surface area contributed by atoms with Crippen LogP contribution in [0.2, 0.25) is 0 Å². The Hall–Kier alpha value is -1.06. The number of nitrogens with zero attached hydrogens (tertiary/aromatic N) is 2. The van der Waals surface area contributed by atoms with Gasteiger partial charge in [-0.2, -0.15) is 0 Å². The Labute approximate surface area is 103 Å². The molecule has 4 nitrogen and oxygen atoms in total. The van der Waals surface area contributed by atoms with Crippen LogP contribution in [0.3, 0.4) is 0 Å². The first-order chi connectivity index (χ1) is 8.11. The van der Waals surface area contributed by atoms with E-state index in [4.69, 9.17) is 0 Å². The van der Waals surface area contributed by atoms with Crippen molar-refractivity contribution in [3.8, 4) is 0 Å². The number of hydrogen-bond donors (Lipinski definition) is 0. The van der Waals surface area contributed by atoms with Gasteiger partial charge in [0.25, 0.3) is 0 Å². The van der Waals surface area contributed by atoms with Crippen molar-refractivity contribution in [2.45, 2.75) is 45.6 Å². The molecule has 0 aromatic carbocycles. The van der Waals surface area contributed by atoms with Crippen LogP contribution in [-0.4, -0.2) is 47.3 Å². The number of hydrogen-bond acceptors (Lipinski definition) is 2. The van der Waals surface area contributed by atoms with E-state index in [1.54, 1.807) is 4.90 Å². The molecule has 1 unspecified atom stereocenters. The summed E-state index contributed by atoms with van der Waals surface area (Å²) in [6.45, 7) is 6.30. The molecule has 2 aliphatic rings. The second-order valence-electron chi connectivity index (χ2n) is 5.38. The second-order valence-corrected chi connectivity index (χ2v) is 5.38. The smallest absolute Gasteiger partial charge is 0.245 e. The van der Waals surface area contributed by atoms with Gasteiger partial charge in [-0.05, 0) is 25.7 Å². The highest BCUT2D eigenvalue weighted by molar-refractivity contribution is 5.89. The predicted octanol–water partition coefficient (Wildman–Crippen LogP) is 1.26. The standard InChI is InChI=1S/C13H22N2O2/c1-10(2)12(16)15-9-5-6-11(15)13(17)14-7-3-4-8-14/h10-11H,3-9H2,1-2H3.